The highest BCUT2D eigenvalue weighted by molar-refractivity contribution is 6.35. The monoisotopic (exact) mass is 346 g/mol. The van der Waals surface area contributed by atoms with Gasteiger partial charge >= 0.3 is 11.8 Å². The van der Waals surface area contributed by atoms with Crippen LogP contribution in [0.5, 0.6) is 0 Å². The zero-order chi connectivity index (χ0) is 19.2. The minimum atomic E-state index is -0.509. The number of carbonyl (C=O) groups is 2. The summed E-state index contributed by atoms with van der Waals surface area (Å²) >= 11 is 0. The summed E-state index contributed by atoms with van der Waals surface area (Å²) in [7, 11) is 0. The van der Waals surface area contributed by atoms with Gasteiger partial charge in [0.2, 0.25) is 0 Å². The Morgan fingerprint density at radius 2 is 1.52 bits per heavy atom. The number of rotatable bonds is 6. The third-order valence-electron chi connectivity index (χ3n) is 4.29. The van der Waals surface area contributed by atoms with Gasteiger partial charge in [0.25, 0.3) is 0 Å². The Labute approximate surface area is 153 Å². The van der Waals surface area contributed by atoms with Crippen molar-refractivity contribution >= 4 is 11.8 Å². The molecule has 0 aliphatic carbocycles. The maximum absolute atomic E-state index is 12.2. The van der Waals surface area contributed by atoms with Gasteiger partial charge in [-0.1, -0.05) is 45.0 Å². The fourth-order valence-corrected chi connectivity index (χ4v) is 2.92. The molecule has 4 heteroatoms. The van der Waals surface area contributed by atoms with Crippen molar-refractivity contribution in [3.63, 3.8) is 0 Å². The van der Waals surface area contributed by atoms with Crippen molar-refractivity contribution in [3.8, 4) is 0 Å². The lowest BCUT2D eigenvalue weighted by atomic mass is 9.86. The molecule has 0 spiro atoms. The Hall–Kier alpha value is -1.84. The number of carbonyl (C=O) groups excluding carboxylic acids is 2. The maximum Gasteiger partial charge on any atom is 0.312 e. The standard InChI is InChI=1S/C21H34N2O2/c1-15(2)23(16(3)4)20(25)19(24)22-14-8-9-17-10-12-18(13-11-17)21(5,6)7/h10-13,15-16H,8-9,14H2,1-7H3,(H,22,24). The molecule has 0 fully saturated rings. The number of amides is 2. The number of benzene rings is 1. The first-order valence-electron chi connectivity index (χ1n) is 9.24. The predicted molar refractivity (Wildman–Crippen MR) is 104 cm³/mol. The maximum atomic E-state index is 12.2. The molecule has 0 unspecified atom stereocenters. The van der Waals surface area contributed by atoms with E-state index in [1.807, 2.05) is 27.7 Å². The van der Waals surface area contributed by atoms with E-state index in [2.05, 4.69) is 50.4 Å². The number of hydrogen-bond donors (Lipinski definition) is 1. The molecule has 4 nitrogen and oxygen atoms in total. The summed E-state index contributed by atoms with van der Waals surface area (Å²) in [6.45, 7) is 14.8. The summed E-state index contributed by atoms with van der Waals surface area (Å²) in [5, 5.41) is 2.75. The summed E-state index contributed by atoms with van der Waals surface area (Å²) in [5.41, 5.74) is 2.73. The van der Waals surface area contributed by atoms with Crippen molar-refractivity contribution in [2.45, 2.75) is 78.8 Å². The molecule has 0 saturated carbocycles. The molecule has 1 N–H and O–H groups in total. The predicted octanol–water partition coefficient (Wildman–Crippen LogP) is 3.68. The molecule has 0 radical (unpaired) electrons. The van der Waals surface area contributed by atoms with Gasteiger partial charge in [0.1, 0.15) is 0 Å². The van der Waals surface area contributed by atoms with E-state index < -0.39 is 11.8 Å². The van der Waals surface area contributed by atoms with Crippen LogP contribution in [0.1, 0.15) is 66.0 Å². The summed E-state index contributed by atoms with van der Waals surface area (Å²) in [5.74, 6) is -0.954. The molecule has 0 heterocycles. The van der Waals surface area contributed by atoms with Crippen LogP contribution in [0, 0.1) is 0 Å². The van der Waals surface area contributed by atoms with Gasteiger partial charge in [-0.05, 0) is 57.1 Å². The van der Waals surface area contributed by atoms with E-state index in [0.717, 1.165) is 12.8 Å². The molecular formula is C21H34N2O2. The van der Waals surface area contributed by atoms with Gasteiger partial charge in [0.15, 0.2) is 0 Å². The van der Waals surface area contributed by atoms with E-state index >= 15 is 0 Å². The van der Waals surface area contributed by atoms with Crippen molar-refractivity contribution in [3.05, 3.63) is 35.4 Å². The van der Waals surface area contributed by atoms with E-state index in [-0.39, 0.29) is 17.5 Å². The molecule has 25 heavy (non-hydrogen) atoms. The average Bonchev–Trinajstić information content (AvgIpc) is 2.50. The van der Waals surface area contributed by atoms with Crippen molar-refractivity contribution < 1.29 is 9.59 Å². The lowest BCUT2D eigenvalue weighted by Gasteiger charge is -2.29. The summed E-state index contributed by atoms with van der Waals surface area (Å²) in [6.07, 6.45) is 1.70. The van der Waals surface area contributed by atoms with Gasteiger partial charge in [-0.15, -0.1) is 0 Å². The van der Waals surface area contributed by atoms with Crippen molar-refractivity contribution in [1.29, 1.82) is 0 Å². The van der Waals surface area contributed by atoms with Gasteiger partial charge in [0, 0.05) is 18.6 Å². The SMILES string of the molecule is CC(C)N(C(=O)C(=O)NCCCc1ccc(C(C)(C)C)cc1)C(C)C. The number of nitrogens with one attached hydrogen (secondary N) is 1. The highest BCUT2D eigenvalue weighted by Gasteiger charge is 2.25. The highest BCUT2D eigenvalue weighted by atomic mass is 16.2. The van der Waals surface area contributed by atoms with Crippen LogP contribution in [0.3, 0.4) is 0 Å². The molecule has 0 aliphatic rings. The van der Waals surface area contributed by atoms with Gasteiger partial charge < -0.3 is 10.2 Å². The fraction of sp³-hybridized carbons (Fsp3) is 0.619. The van der Waals surface area contributed by atoms with E-state index in [0.29, 0.717) is 6.54 Å². The topological polar surface area (TPSA) is 49.4 Å². The Morgan fingerprint density at radius 3 is 1.96 bits per heavy atom. The Morgan fingerprint density at radius 1 is 1.00 bits per heavy atom. The van der Waals surface area contributed by atoms with Crippen LogP contribution in [-0.2, 0) is 21.4 Å². The van der Waals surface area contributed by atoms with Crippen LogP contribution in [0.15, 0.2) is 24.3 Å². The molecule has 0 aromatic heterocycles. The van der Waals surface area contributed by atoms with E-state index in [9.17, 15) is 9.59 Å². The van der Waals surface area contributed by atoms with Crippen LogP contribution in [0.25, 0.3) is 0 Å². The molecule has 0 aliphatic heterocycles. The van der Waals surface area contributed by atoms with E-state index in [1.54, 1.807) is 4.90 Å². The Kier molecular flexibility index (Phi) is 7.65. The molecule has 0 saturated heterocycles. The number of nitrogens with zero attached hydrogens (tertiary/aromatic N) is 1. The van der Waals surface area contributed by atoms with E-state index in [1.165, 1.54) is 11.1 Å². The van der Waals surface area contributed by atoms with Gasteiger partial charge in [0.05, 0.1) is 0 Å². The number of hydrogen-bond acceptors (Lipinski definition) is 2. The quantitative estimate of drug-likeness (QED) is 0.631. The minimum absolute atomic E-state index is 0.0135. The average molecular weight is 347 g/mol. The Bertz CT molecular complexity index is 561. The summed E-state index contributed by atoms with van der Waals surface area (Å²) < 4.78 is 0. The van der Waals surface area contributed by atoms with Crippen molar-refractivity contribution in [2.24, 2.45) is 0 Å². The molecule has 0 bridgehead atoms. The third kappa shape index (κ3) is 6.52. The normalized spacial score (nSPS) is 11.7. The second kappa shape index (κ2) is 9.02. The van der Waals surface area contributed by atoms with E-state index in [4.69, 9.17) is 0 Å². The molecule has 1 aromatic rings. The van der Waals surface area contributed by atoms with Gasteiger partial charge in [-0.3, -0.25) is 9.59 Å². The van der Waals surface area contributed by atoms with Crippen molar-refractivity contribution in [1.82, 2.24) is 10.2 Å². The number of aryl methyl sites for hydroxylation is 1. The van der Waals surface area contributed by atoms with Crippen LogP contribution in [0.2, 0.25) is 0 Å². The highest BCUT2D eigenvalue weighted by Crippen LogP contribution is 2.22. The molecule has 1 rings (SSSR count). The van der Waals surface area contributed by atoms with Crippen LogP contribution >= 0.6 is 0 Å². The van der Waals surface area contributed by atoms with Crippen LogP contribution in [0.4, 0.5) is 0 Å². The first-order chi connectivity index (χ1) is 11.5. The van der Waals surface area contributed by atoms with Gasteiger partial charge in [-0.25, -0.2) is 0 Å². The fourth-order valence-electron chi connectivity index (χ4n) is 2.92. The Balaban J connectivity index is 2.45. The molecule has 140 valence electrons. The smallest absolute Gasteiger partial charge is 0.312 e. The van der Waals surface area contributed by atoms with Crippen LogP contribution in [-0.4, -0.2) is 35.3 Å². The lowest BCUT2D eigenvalue weighted by Crippen LogP contribution is -2.49. The zero-order valence-corrected chi connectivity index (χ0v) is 16.8. The first-order valence-corrected chi connectivity index (χ1v) is 9.24. The minimum Gasteiger partial charge on any atom is -0.348 e. The summed E-state index contributed by atoms with van der Waals surface area (Å²) in [4.78, 5) is 25.9. The van der Waals surface area contributed by atoms with Crippen LogP contribution < -0.4 is 5.32 Å². The van der Waals surface area contributed by atoms with Crippen molar-refractivity contribution in [2.75, 3.05) is 6.54 Å². The molecule has 0 atom stereocenters. The molecule has 1 aromatic carbocycles. The van der Waals surface area contributed by atoms with Gasteiger partial charge in [-0.2, -0.15) is 0 Å². The molecule has 2 amide bonds. The summed E-state index contributed by atoms with van der Waals surface area (Å²) in [6, 6.07) is 8.65. The second-order valence-electron chi connectivity index (χ2n) is 8.21. The zero-order valence-electron chi connectivity index (χ0n) is 16.8. The first kappa shape index (κ1) is 21.2. The second-order valence-corrected chi connectivity index (χ2v) is 8.21. The largest absolute Gasteiger partial charge is 0.348 e. The third-order valence-corrected chi connectivity index (χ3v) is 4.29. The lowest BCUT2D eigenvalue weighted by molar-refractivity contribution is -0.148. The molecular weight excluding hydrogens is 312 g/mol.